The van der Waals surface area contributed by atoms with Crippen LogP contribution in [0.4, 0.5) is 18.0 Å². The number of rotatable bonds is 5. The lowest BCUT2D eigenvalue weighted by molar-refractivity contribution is -0.0686. The molecule has 1 saturated heterocycles. The molecule has 1 aliphatic rings. The number of alkyl halides is 2. The molecule has 2 amide bonds. The normalized spacial score (nSPS) is 22.3. The van der Waals surface area contributed by atoms with Crippen LogP contribution in [0.2, 0.25) is 0 Å². The zero-order valence-electron chi connectivity index (χ0n) is 16.0. The fourth-order valence-electron chi connectivity index (χ4n) is 3.29. The van der Waals surface area contributed by atoms with Crippen molar-refractivity contribution in [3.05, 3.63) is 47.1 Å². The maximum Gasteiger partial charge on any atom is 0.318 e. The Bertz CT molecular complexity index is 837. The van der Waals surface area contributed by atoms with Crippen molar-refractivity contribution in [1.29, 1.82) is 0 Å². The molecule has 1 heterocycles. The minimum absolute atomic E-state index is 0.00787. The Hall–Kier alpha value is -2.03. The Morgan fingerprint density at radius 2 is 2.07 bits per heavy atom. The number of carbonyl (C=O) groups excluding carboxylic acids is 1. The molecular formula is C19H25F3N2O3S. The standard InChI is InChI=1S/C19H25F3N2O3S/c1-13(8-10-28(3,26)27)23-18(25)24-9-7-15(19(2,21)22)12-17(24)14-5-4-6-16(20)11-14/h4-6,8,10-11,13,15,17H,7,9,12H2,1-3H3,(H,23,25)/b10-8+/t13?,15-,17+/m1/s1. The van der Waals surface area contributed by atoms with Crippen molar-refractivity contribution in [3.63, 3.8) is 0 Å². The van der Waals surface area contributed by atoms with Crippen LogP contribution in [-0.4, -0.2) is 44.1 Å². The molecule has 1 aliphatic heterocycles. The highest BCUT2D eigenvalue weighted by Crippen LogP contribution is 2.41. The van der Waals surface area contributed by atoms with E-state index >= 15 is 0 Å². The Kier molecular flexibility index (Phi) is 6.80. The summed E-state index contributed by atoms with van der Waals surface area (Å²) in [6, 6.07) is 3.78. The van der Waals surface area contributed by atoms with Gasteiger partial charge in [0.15, 0.2) is 9.84 Å². The number of nitrogens with one attached hydrogen (secondary N) is 1. The SMILES string of the molecule is CC(/C=C/S(C)(=O)=O)NC(=O)N1CC[C@@H](C(C)(F)F)C[C@H]1c1cccc(F)c1. The largest absolute Gasteiger partial charge is 0.332 e. The third-order valence-corrected chi connectivity index (χ3v) is 5.43. The van der Waals surface area contributed by atoms with E-state index in [0.717, 1.165) is 18.6 Å². The summed E-state index contributed by atoms with van der Waals surface area (Å²) in [6.45, 7) is 2.54. The third-order valence-electron chi connectivity index (χ3n) is 4.78. The van der Waals surface area contributed by atoms with Crippen LogP contribution in [0.5, 0.6) is 0 Å². The van der Waals surface area contributed by atoms with E-state index in [1.165, 1.54) is 29.2 Å². The first kappa shape index (κ1) is 22.3. The Labute approximate surface area is 163 Å². The van der Waals surface area contributed by atoms with Crippen molar-refractivity contribution in [1.82, 2.24) is 10.2 Å². The van der Waals surface area contributed by atoms with Crippen LogP contribution in [-0.2, 0) is 9.84 Å². The highest BCUT2D eigenvalue weighted by Gasteiger charge is 2.42. The van der Waals surface area contributed by atoms with Crippen molar-refractivity contribution < 1.29 is 26.4 Å². The average Bonchev–Trinajstić information content (AvgIpc) is 2.58. The highest BCUT2D eigenvalue weighted by atomic mass is 32.2. The first-order valence-electron chi connectivity index (χ1n) is 8.95. The van der Waals surface area contributed by atoms with Crippen LogP contribution in [0.3, 0.4) is 0 Å². The van der Waals surface area contributed by atoms with Crippen molar-refractivity contribution in [2.75, 3.05) is 12.8 Å². The summed E-state index contributed by atoms with van der Waals surface area (Å²) in [7, 11) is -3.33. The van der Waals surface area contributed by atoms with Gasteiger partial charge in [-0.25, -0.2) is 26.4 Å². The van der Waals surface area contributed by atoms with E-state index in [-0.39, 0.29) is 19.4 Å². The van der Waals surface area contributed by atoms with Crippen molar-refractivity contribution in [3.8, 4) is 0 Å². The molecule has 0 saturated carbocycles. The Morgan fingerprint density at radius 1 is 1.39 bits per heavy atom. The van der Waals surface area contributed by atoms with E-state index in [1.807, 2.05) is 0 Å². The number of hydrogen-bond acceptors (Lipinski definition) is 3. The van der Waals surface area contributed by atoms with Gasteiger partial charge in [-0.05, 0) is 44.4 Å². The van der Waals surface area contributed by atoms with Gasteiger partial charge >= 0.3 is 6.03 Å². The lowest BCUT2D eigenvalue weighted by Gasteiger charge is -2.41. The number of amides is 2. The van der Waals surface area contributed by atoms with Gasteiger partial charge in [0, 0.05) is 30.2 Å². The number of nitrogens with zero attached hydrogens (tertiary/aromatic N) is 1. The second-order valence-corrected chi connectivity index (χ2v) is 9.27. The zero-order valence-corrected chi connectivity index (χ0v) is 16.8. The molecule has 9 heteroatoms. The molecule has 0 aromatic heterocycles. The van der Waals surface area contributed by atoms with Crippen molar-refractivity contribution in [2.45, 2.75) is 44.7 Å². The maximum atomic E-state index is 13.9. The molecule has 0 bridgehead atoms. The molecule has 1 N–H and O–H groups in total. The van der Waals surface area contributed by atoms with Gasteiger partial charge in [0.2, 0.25) is 5.92 Å². The minimum Gasteiger partial charge on any atom is -0.332 e. The monoisotopic (exact) mass is 418 g/mol. The number of hydrogen-bond donors (Lipinski definition) is 1. The second kappa shape index (κ2) is 8.55. The molecule has 3 atom stereocenters. The number of urea groups is 1. The number of piperidine rings is 1. The summed E-state index contributed by atoms with van der Waals surface area (Å²) >= 11 is 0. The predicted molar refractivity (Wildman–Crippen MR) is 101 cm³/mol. The molecule has 1 fully saturated rings. The van der Waals surface area contributed by atoms with E-state index in [2.05, 4.69) is 5.32 Å². The molecule has 1 aromatic rings. The van der Waals surface area contributed by atoms with Gasteiger partial charge < -0.3 is 10.2 Å². The van der Waals surface area contributed by atoms with E-state index in [0.29, 0.717) is 5.56 Å². The average molecular weight is 418 g/mol. The molecule has 0 aliphatic carbocycles. The van der Waals surface area contributed by atoms with Crippen LogP contribution in [0.15, 0.2) is 35.7 Å². The summed E-state index contributed by atoms with van der Waals surface area (Å²) < 4.78 is 63.8. The molecule has 0 spiro atoms. The van der Waals surface area contributed by atoms with Gasteiger partial charge in [-0.3, -0.25) is 0 Å². The summed E-state index contributed by atoms with van der Waals surface area (Å²) in [5, 5.41) is 3.64. The molecule has 2 rings (SSSR count). The lowest BCUT2D eigenvalue weighted by Crippen LogP contribution is -2.50. The molecule has 0 radical (unpaired) electrons. The van der Waals surface area contributed by atoms with Gasteiger partial charge in [0.25, 0.3) is 0 Å². The Balaban J connectivity index is 2.22. The topological polar surface area (TPSA) is 66.5 Å². The number of carbonyl (C=O) groups is 1. The van der Waals surface area contributed by atoms with Crippen LogP contribution in [0, 0.1) is 11.7 Å². The second-order valence-electron chi connectivity index (χ2n) is 7.34. The summed E-state index contributed by atoms with van der Waals surface area (Å²) in [5.74, 6) is -4.33. The lowest BCUT2D eigenvalue weighted by atomic mass is 9.84. The number of likely N-dealkylation sites (tertiary alicyclic amines) is 1. The number of benzene rings is 1. The molecule has 1 aromatic carbocycles. The van der Waals surface area contributed by atoms with Gasteiger partial charge in [0.05, 0.1) is 6.04 Å². The fraction of sp³-hybridized carbons (Fsp3) is 0.526. The van der Waals surface area contributed by atoms with E-state index in [4.69, 9.17) is 0 Å². The van der Waals surface area contributed by atoms with Gasteiger partial charge in [0.1, 0.15) is 5.82 Å². The molecule has 28 heavy (non-hydrogen) atoms. The third kappa shape index (κ3) is 6.25. The molecular weight excluding hydrogens is 393 g/mol. The van der Waals surface area contributed by atoms with E-state index in [9.17, 15) is 26.4 Å². The van der Waals surface area contributed by atoms with Crippen molar-refractivity contribution in [2.24, 2.45) is 5.92 Å². The number of halogens is 3. The van der Waals surface area contributed by atoms with Crippen molar-refractivity contribution >= 4 is 15.9 Å². The summed E-state index contributed by atoms with van der Waals surface area (Å²) in [5.41, 5.74) is 0.448. The van der Waals surface area contributed by atoms with Crippen LogP contribution in [0.25, 0.3) is 0 Å². The zero-order chi connectivity index (χ0) is 21.1. The van der Waals surface area contributed by atoms with Crippen LogP contribution >= 0.6 is 0 Å². The highest BCUT2D eigenvalue weighted by molar-refractivity contribution is 7.93. The minimum atomic E-state index is -3.33. The summed E-state index contributed by atoms with van der Waals surface area (Å²) in [4.78, 5) is 14.1. The van der Waals surface area contributed by atoms with Gasteiger partial charge in [-0.2, -0.15) is 0 Å². The predicted octanol–water partition coefficient (Wildman–Crippen LogP) is 3.89. The molecule has 5 nitrogen and oxygen atoms in total. The first-order valence-corrected chi connectivity index (χ1v) is 10.9. The van der Waals surface area contributed by atoms with E-state index in [1.54, 1.807) is 13.0 Å². The van der Waals surface area contributed by atoms with Crippen LogP contribution in [0.1, 0.15) is 38.3 Å². The fourth-order valence-corrected chi connectivity index (χ4v) is 3.81. The Morgan fingerprint density at radius 3 is 2.64 bits per heavy atom. The maximum absolute atomic E-state index is 13.9. The summed E-state index contributed by atoms with van der Waals surface area (Å²) in [6.07, 6.45) is 2.50. The quantitative estimate of drug-likeness (QED) is 0.789. The van der Waals surface area contributed by atoms with Gasteiger partial charge in [-0.15, -0.1) is 0 Å². The number of sulfone groups is 1. The smallest absolute Gasteiger partial charge is 0.318 e. The first-order chi connectivity index (χ1) is 12.9. The molecule has 156 valence electrons. The van der Waals surface area contributed by atoms with Gasteiger partial charge in [-0.1, -0.05) is 18.2 Å². The molecule has 1 unspecified atom stereocenters. The van der Waals surface area contributed by atoms with E-state index < -0.39 is 45.6 Å². The van der Waals surface area contributed by atoms with Crippen LogP contribution < -0.4 is 5.32 Å².